The number of fused-ring (bicyclic) bond motifs is 1. The summed E-state index contributed by atoms with van der Waals surface area (Å²) in [5.41, 5.74) is 4.33. The molecule has 1 amide bonds. The maximum atomic E-state index is 14.1. The lowest BCUT2D eigenvalue weighted by Crippen LogP contribution is -2.45. The van der Waals surface area contributed by atoms with E-state index in [0.717, 1.165) is 72.1 Å². The second kappa shape index (κ2) is 14.0. The summed E-state index contributed by atoms with van der Waals surface area (Å²) in [5.74, 6) is -0.160. The number of hydrogen-bond acceptors (Lipinski definition) is 4. The molecular weight excluding hydrogens is 526 g/mol. The normalized spacial score (nSPS) is 21.1. The van der Waals surface area contributed by atoms with Crippen LogP contribution in [0.15, 0.2) is 42.5 Å². The van der Waals surface area contributed by atoms with E-state index in [-0.39, 0.29) is 24.4 Å². The van der Waals surface area contributed by atoms with Crippen LogP contribution in [0.3, 0.4) is 0 Å². The molecule has 0 spiro atoms. The molecule has 2 aliphatic heterocycles. The maximum absolute atomic E-state index is 14.1. The second-order valence-electron chi connectivity index (χ2n) is 13.6. The van der Waals surface area contributed by atoms with Gasteiger partial charge in [0.25, 0.3) is 0 Å². The number of ether oxygens (including phenoxy) is 1. The zero-order chi connectivity index (χ0) is 30.4. The van der Waals surface area contributed by atoms with Crippen molar-refractivity contribution >= 4 is 17.6 Å². The molecule has 4 unspecified atom stereocenters. The van der Waals surface area contributed by atoms with Crippen LogP contribution >= 0.6 is 0 Å². The van der Waals surface area contributed by atoms with Crippen LogP contribution in [-0.2, 0) is 22.6 Å². The van der Waals surface area contributed by atoms with Crippen molar-refractivity contribution in [3.05, 3.63) is 59.2 Å². The molecule has 42 heavy (non-hydrogen) atoms. The number of anilines is 1. The quantitative estimate of drug-likeness (QED) is 0.280. The fourth-order valence-corrected chi connectivity index (χ4v) is 6.93. The van der Waals surface area contributed by atoms with Crippen molar-refractivity contribution in [2.45, 2.75) is 77.8 Å². The molecule has 2 aliphatic rings. The number of likely N-dealkylation sites (tertiary alicyclic amines) is 1. The van der Waals surface area contributed by atoms with Crippen molar-refractivity contribution in [3.63, 3.8) is 0 Å². The van der Waals surface area contributed by atoms with E-state index in [1.54, 1.807) is 0 Å². The van der Waals surface area contributed by atoms with Crippen LogP contribution in [0.25, 0.3) is 0 Å². The molecule has 0 radical (unpaired) electrons. The van der Waals surface area contributed by atoms with Crippen molar-refractivity contribution in [2.75, 3.05) is 52.3 Å². The molecule has 4 atom stereocenters. The molecule has 1 saturated heterocycles. The van der Waals surface area contributed by atoms with Crippen molar-refractivity contribution in [1.29, 1.82) is 0 Å². The van der Waals surface area contributed by atoms with Crippen LogP contribution in [0, 0.1) is 11.8 Å². The fourth-order valence-electron chi connectivity index (χ4n) is 6.93. The predicted octanol–water partition coefficient (Wildman–Crippen LogP) is 5.96. The van der Waals surface area contributed by atoms with Gasteiger partial charge < -0.3 is 19.2 Å². The van der Waals surface area contributed by atoms with Crippen molar-refractivity contribution in [1.82, 2.24) is 4.90 Å². The molecular formula is C35H52N3O4+. The van der Waals surface area contributed by atoms with Gasteiger partial charge in [0, 0.05) is 42.7 Å². The van der Waals surface area contributed by atoms with Crippen molar-refractivity contribution in [2.24, 2.45) is 11.8 Å². The summed E-state index contributed by atoms with van der Waals surface area (Å²) in [4.78, 5) is 31.2. The van der Waals surface area contributed by atoms with Crippen LogP contribution < -0.4 is 9.64 Å². The number of carboxylic acids is 1. The number of amides is 1. The largest absolute Gasteiger partial charge is 0.493 e. The molecule has 4 rings (SSSR count). The lowest BCUT2D eigenvalue weighted by Gasteiger charge is -2.31. The number of aliphatic carboxylic acids is 1. The Hall–Kier alpha value is -2.90. The van der Waals surface area contributed by atoms with E-state index in [1.807, 2.05) is 29.2 Å². The predicted molar refractivity (Wildman–Crippen MR) is 169 cm³/mol. The first-order chi connectivity index (χ1) is 20.0. The maximum Gasteiger partial charge on any atom is 0.308 e. The third-order valence-corrected chi connectivity index (χ3v) is 8.85. The summed E-state index contributed by atoms with van der Waals surface area (Å²) in [5, 5.41) is 10.6. The Labute approximate surface area is 253 Å². The van der Waals surface area contributed by atoms with Gasteiger partial charge in [-0.25, -0.2) is 0 Å². The number of carbonyl (C=O) groups is 2. The van der Waals surface area contributed by atoms with Crippen molar-refractivity contribution in [3.8, 4) is 5.75 Å². The summed E-state index contributed by atoms with van der Waals surface area (Å²) in [6.45, 7) is 9.53. The highest BCUT2D eigenvalue weighted by Crippen LogP contribution is 2.42. The SMILES string of the molecule is CCCCN(C(=O)CN1CC(c2ccc3c(c2)CCO3)C(C(=O)O)C1CC(C)CCC)c1cccc(C[N+](C)(C)C)c1. The van der Waals surface area contributed by atoms with E-state index in [2.05, 4.69) is 65.0 Å². The molecule has 1 fully saturated rings. The Morgan fingerprint density at radius 2 is 1.90 bits per heavy atom. The van der Waals surface area contributed by atoms with Crippen molar-refractivity contribution < 1.29 is 23.9 Å². The van der Waals surface area contributed by atoms with Gasteiger partial charge in [0.15, 0.2) is 0 Å². The standard InChI is InChI=1S/C35H51N3O4/c1-7-9-17-37(29-13-10-12-26(20-29)24-38(4,5)6)33(39)23-36-22-30(27-14-15-32-28(21-27)16-18-42-32)34(35(40)41)31(36)19-25(3)11-8-2/h10,12-15,20-21,25,30-31,34H,7-9,11,16-19,22-24H2,1-6H3/p+1. The number of hydrogen-bond donors (Lipinski definition) is 1. The van der Waals surface area contributed by atoms with Gasteiger partial charge in [0.1, 0.15) is 12.3 Å². The number of unbranched alkanes of at least 4 members (excludes halogenated alkanes) is 1. The lowest BCUT2D eigenvalue weighted by molar-refractivity contribution is -0.884. The molecule has 0 saturated carbocycles. The molecule has 2 heterocycles. The highest BCUT2D eigenvalue weighted by atomic mass is 16.5. The van der Waals surface area contributed by atoms with Gasteiger partial charge in [-0.1, -0.05) is 64.3 Å². The highest BCUT2D eigenvalue weighted by molar-refractivity contribution is 5.95. The smallest absolute Gasteiger partial charge is 0.308 e. The minimum absolute atomic E-state index is 0.0473. The number of quaternary nitrogens is 1. The zero-order valence-corrected chi connectivity index (χ0v) is 26.6. The molecule has 2 aromatic carbocycles. The van der Waals surface area contributed by atoms with E-state index in [9.17, 15) is 14.7 Å². The van der Waals surface area contributed by atoms with Crippen LogP contribution in [0.5, 0.6) is 5.75 Å². The van der Waals surface area contributed by atoms with Crippen LogP contribution in [0.2, 0.25) is 0 Å². The average Bonchev–Trinajstić information content (AvgIpc) is 3.52. The molecule has 230 valence electrons. The zero-order valence-electron chi connectivity index (χ0n) is 26.6. The Balaban J connectivity index is 1.63. The van der Waals surface area contributed by atoms with Crippen LogP contribution in [-0.4, -0.2) is 79.8 Å². The Bertz CT molecular complexity index is 1220. The Kier molecular flexibility index (Phi) is 10.7. The first-order valence-electron chi connectivity index (χ1n) is 15.9. The van der Waals surface area contributed by atoms with E-state index >= 15 is 0 Å². The van der Waals surface area contributed by atoms with E-state index in [1.165, 1.54) is 5.56 Å². The molecule has 2 aromatic rings. The summed E-state index contributed by atoms with van der Waals surface area (Å²) >= 11 is 0. The summed E-state index contributed by atoms with van der Waals surface area (Å²) in [6.07, 6.45) is 5.65. The average molecular weight is 579 g/mol. The van der Waals surface area contributed by atoms with Gasteiger partial charge in [-0.15, -0.1) is 0 Å². The topological polar surface area (TPSA) is 70.1 Å². The first-order valence-corrected chi connectivity index (χ1v) is 15.9. The Morgan fingerprint density at radius 3 is 2.60 bits per heavy atom. The minimum Gasteiger partial charge on any atom is -0.493 e. The third kappa shape index (κ3) is 7.93. The highest BCUT2D eigenvalue weighted by Gasteiger charge is 2.47. The molecule has 7 heteroatoms. The summed E-state index contributed by atoms with van der Waals surface area (Å²) in [6, 6.07) is 14.3. The first kappa shape index (κ1) is 32.0. The van der Waals surface area contributed by atoms with Gasteiger partial charge in [0.05, 0.1) is 40.2 Å². The molecule has 0 aliphatic carbocycles. The van der Waals surface area contributed by atoms with E-state index in [4.69, 9.17) is 4.74 Å². The van der Waals surface area contributed by atoms with E-state index < -0.39 is 11.9 Å². The van der Waals surface area contributed by atoms with E-state index in [0.29, 0.717) is 25.6 Å². The van der Waals surface area contributed by atoms with Crippen LogP contribution in [0.1, 0.15) is 75.5 Å². The molecule has 0 aromatic heterocycles. The van der Waals surface area contributed by atoms with Gasteiger partial charge in [-0.05, 0) is 48.1 Å². The van der Waals surface area contributed by atoms with Gasteiger partial charge in [-0.2, -0.15) is 0 Å². The number of rotatable bonds is 14. The second-order valence-corrected chi connectivity index (χ2v) is 13.6. The Morgan fingerprint density at radius 1 is 1.12 bits per heavy atom. The minimum atomic E-state index is -0.767. The summed E-state index contributed by atoms with van der Waals surface area (Å²) < 4.78 is 6.53. The van der Waals surface area contributed by atoms with Gasteiger partial charge in [-0.3, -0.25) is 14.5 Å². The fraction of sp³-hybridized carbons (Fsp3) is 0.600. The molecule has 0 bridgehead atoms. The lowest BCUT2D eigenvalue weighted by atomic mass is 9.81. The monoisotopic (exact) mass is 578 g/mol. The number of benzene rings is 2. The number of carboxylic acid groups (broad SMARTS) is 1. The molecule has 1 N–H and O–H groups in total. The number of nitrogens with zero attached hydrogens (tertiary/aromatic N) is 3. The summed E-state index contributed by atoms with van der Waals surface area (Å²) in [7, 11) is 6.51. The van der Waals surface area contributed by atoms with Gasteiger partial charge >= 0.3 is 5.97 Å². The van der Waals surface area contributed by atoms with Gasteiger partial charge in [0.2, 0.25) is 5.91 Å². The molecule has 7 nitrogen and oxygen atoms in total. The third-order valence-electron chi connectivity index (χ3n) is 8.85. The number of carbonyl (C=O) groups excluding carboxylic acids is 1. The van der Waals surface area contributed by atoms with Crippen LogP contribution in [0.4, 0.5) is 5.69 Å².